The summed E-state index contributed by atoms with van der Waals surface area (Å²) in [5.41, 5.74) is 0.0357. The van der Waals surface area contributed by atoms with Crippen molar-refractivity contribution in [2.75, 3.05) is 4.90 Å². The van der Waals surface area contributed by atoms with Crippen LogP contribution in [0.25, 0.3) is 0 Å². The number of aromatic nitrogens is 1. The zero-order chi connectivity index (χ0) is 27.7. The maximum atomic E-state index is 14.6. The van der Waals surface area contributed by atoms with Crippen molar-refractivity contribution in [1.82, 2.24) is 10.3 Å². The number of benzene rings is 1. The summed E-state index contributed by atoms with van der Waals surface area (Å²) in [5.74, 6) is 1.54. The molecule has 10 fully saturated rings. The number of hydrogen-bond acceptors (Lipinski definition) is 5. The van der Waals surface area contributed by atoms with Gasteiger partial charge in [-0.25, -0.2) is 0 Å². The van der Waals surface area contributed by atoms with Gasteiger partial charge in [0.25, 0.3) is 0 Å². The number of rotatable bonds is 6. The molecule has 0 saturated carbocycles. The van der Waals surface area contributed by atoms with Gasteiger partial charge in [-0.2, -0.15) is 0 Å². The van der Waals surface area contributed by atoms with E-state index in [1.165, 1.54) is 35.6 Å². The standard InChI is InChI=1S/C24H21F3N3O3S.C5H5.Fe/c1-5-19-28-18(14-34-19)22(32)30(16-10-12-17(13-11-16)33-24(25,26)27)20(15-8-6-7-9-15)21(31)29-23(2,3)4;1-2-4-5-3-1;/h1,6-14,20H,2-4H3,(H,29,31);1-5H;. The minimum atomic E-state index is -4.83. The van der Waals surface area contributed by atoms with Gasteiger partial charge in [-0.1, -0.05) is 0 Å². The van der Waals surface area contributed by atoms with Gasteiger partial charge in [0.1, 0.15) is 0 Å². The van der Waals surface area contributed by atoms with Crippen LogP contribution in [0.15, 0.2) is 29.6 Å². The van der Waals surface area contributed by atoms with Gasteiger partial charge in [0.2, 0.25) is 0 Å². The molecule has 0 radical (unpaired) electrons. The molecule has 1 spiro atoms. The van der Waals surface area contributed by atoms with E-state index in [2.05, 4.69) is 21.0 Å². The zero-order valence-corrected chi connectivity index (χ0v) is 23.7. The predicted octanol–water partition coefficient (Wildman–Crippen LogP) is 6.71. The molecule has 5 atom stereocenters. The number of nitrogens with zero attached hydrogens (tertiary/aromatic N) is 2. The van der Waals surface area contributed by atoms with Crippen LogP contribution in [-0.4, -0.2) is 34.7 Å². The Hall–Kier alpha value is -2.54. The number of alkyl halides is 3. The Morgan fingerprint density at radius 1 is 1.07 bits per heavy atom. The number of carbonyl (C=O) groups is 2. The van der Waals surface area contributed by atoms with Crippen LogP contribution in [0, 0.1) is 12.3 Å². The first-order valence-corrected chi connectivity index (χ1v) is 20.9. The first kappa shape index (κ1) is 21.2. The fourth-order valence-electron chi connectivity index (χ4n) is 19.8. The van der Waals surface area contributed by atoms with E-state index in [0.29, 0.717) is 20.3 Å². The summed E-state index contributed by atoms with van der Waals surface area (Å²) in [6, 6.07) is 4.69. The summed E-state index contributed by atoms with van der Waals surface area (Å²) in [6.45, 7) is 1.81. The number of nitrogens with one attached hydrogen (secondary N) is 1. The first-order chi connectivity index (χ1) is 18.6. The van der Waals surface area contributed by atoms with Gasteiger partial charge in [-0.3, -0.25) is 0 Å². The van der Waals surface area contributed by atoms with E-state index in [9.17, 15) is 22.8 Å². The van der Waals surface area contributed by atoms with E-state index in [1.54, 1.807) is 10.3 Å². The number of ether oxygens (including phenoxy) is 1. The molecule has 12 rings (SSSR count). The number of carbonyl (C=O) groups excluding carboxylic acids is 2. The third kappa shape index (κ3) is 0.589. The SMILES string of the molecule is C#Cc1nc(C(=O)N(c2ccc(OC(F)(F)F)cc2)C(C(=O)NC(C)(C)C)[C]23[CH]4[CH]5[CH]6[CH]2[Fe]56432789[CH]3[CH]2[CH]7[CH]8[CH]39)cs1. The molecular formula is C29H26F3FeN3O3S. The van der Waals surface area contributed by atoms with E-state index < -0.39 is 30.4 Å². The Kier molecular flexibility index (Phi) is 1.65. The fourth-order valence-corrected chi connectivity index (χ4v) is 95.2. The van der Waals surface area contributed by atoms with E-state index in [-0.39, 0.29) is 21.7 Å². The number of halogens is 3. The molecule has 0 bridgehead atoms. The third-order valence-electron chi connectivity index (χ3n) is 18.6. The van der Waals surface area contributed by atoms with E-state index in [0.717, 1.165) is 33.7 Å². The second-order valence-electron chi connectivity index (χ2n) is 16.8. The molecule has 6 nitrogen and oxygen atoms in total. The molecule has 1 N–H and O–H groups in total. The van der Waals surface area contributed by atoms with Crippen molar-refractivity contribution in [3.05, 3.63) is 40.3 Å². The molecule has 5 unspecified atom stereocenters. The molecule has 10 aliphatic heterocycles. The van der Waals surface area contributed by atoms with Crippen molar-refractivity contribution < 1.29 is 34.0 Å². The van der Waals surface area contributed by atoms with Crippen LogP contribution in [0.3, 0.4) is 0 Å². The second-order valence-corrected chi connectivity index (χ2v) is 41.2. The molecule has 2 aromatic rings. The Labute approximate surface area is 222 Å². The molecule has 1 aromatic carbocycles. The van der Waals surface area contributed by atoms with E-state index in [4.69, 9.17) is 6.42 Å². The molecule has 210 valence electrons. The number of anilines is 1. The van der Waals surface area contributed by atoms with E-state index >= 15 is 0 Å². The zero-order valence-electron chi connectivity index (χ0n) is 21.8. The normalized spacial score (nSPS) is 58.5. The van der Waals surface area contributed by atoms with Crippen LogP contribution in [0.5, 0.6) is 5.75 Å². The molecule has 10 aliphatic rings. The van der Waals surface area contributed by atoms with Crippen LogP contribution >= 0.6 is 11.3 Å². The van der Waals surface area contributed by atoms with E-state index in [1.807, 2.05) is 20.8 Å². The van der Waals surface area contributed by atoms with Gasteiger partial charge in [0.15, 0.2) is 0 Å². The average Bonchev–Trinajstić information content (AvgIpc) is 3.74. The van der Waals surface area contributed by atoms with Crippen LogP contribution in [0.1, 0.15) is 36.3 Å². The number of terminal acetylenes is 1. The Morgan fingerprint density at radius 3 is 2.05 bits per heavy atom. The summed E-state index contributed by atoms with van der Waals surface area (Å²) in [5, 5.41) is 5.21. The Morgan fingerprint density at radius 2 is 1.65 bits per heavy atom. The van der Waals surface area contributed by atoms with Crippen LogP contribution in [-0.2, 0) is 11.3 Å². The molecule has 10 saturated heterocycles. The van der Waals surface area contributed by atoms with Crippen LogP contribution in [0.2, 0.25) is 47.7 Å². The van der Waals surface area contributed by atoms with Crippen molar-refractivity contribution in [3.63, 3.8) is 0 Å². The summed E-state index contributed by atoms with van der Waals surface area (Å²) in [7, 11) is 0. The quantitative estimate of drug-likeness (QED) is 0.292. The van der Waals surface area contributed by atoms with Crippen molar-refractivity contribution in [2.45, 2.75) is 86.4 Å². The Bertz CT molecular complexity index is 2030. The van der Waals surface area contributed by atoms with Gasteiger partial charge in [-0.05, 0) is 0 Å². The topological polar surface area (TPSA) is 71.5 Å². The van der Waals surface area contributed by atoms with Crippen molar-refractivity contribution in [1.29, 1.82) is 0 Å². The molecule has 1 aromatic heterocycles. The number of thiazole rings is 1. The summed E-state index contributed by atoms with van der Waals surface area (Å²) < 4.78 is 42.8. The van der Waals surface area contributed by atoms with Crippen molar-refractivity contribution in [2.24, 2.45) is 0 Å². The number of fused-ring (bicyclic) bond motifs is 10. The summed E-state index contributed by atoms with van der Waals surface area (Å²) in [4.78, 5) is 42.7. The van der Waals surface area contributed by atoms with Gasteiger partial charge in [-0.15, -0.1) is 0 Å². The summed E-state index contributed by atoms with van der Waals surface area (Å²) in [6.07, 6.45) is 0.720. The maximum absolute atomic E-state index is 14.6. The van der Waals surface area contributed by atoms with Crippen molar-refractivity contribution >= 4 is 28.8 Å². The van der Waals surface area contributed by atoms with Gasteiger partial charge in [0.05, 0.1) is 0 Å². The molecule has 11 heterocycles. The second kappa shape index (κ2) is 3.11. The number of amides is 2. The van der Waals surface area contributed by atoms with Gasteiger partial charge < -0.3 is 0 Å². The minimum absolute atomic E-state index is 0.0594. The molecule has 2 amide bonds. The van der Waals surface area contributed by atoms with Crippen molar-refractivity contribution in [3.8, 4) is 18.1 Å². The molecule has 0 aliphatic carbocycles. The monoisotopic (exact) mass is 609 g/mol. The molecular weight excluding hydrogens is 583 g/mol. The Balaban J connectivity index is 1.06. The predicted molar refractivity (Wildman–Crippen MR) is 138 cm³/mol. The van der Waals surface area contributed by atoms with Gasteiger partial charge in [0, 0.05) is 0 Å². The molecule has 40 heavy (non-hydrogen) atoms. The molecule has 11 heteroatoms. The first-order valence-electron chi connectivity index (χ1n) is 13.7. The number of hydrogen-bond donors (Lipinski definition) is 1. The third-order valence-corrected chi connectivity index (χ3v) is 62.0. The van der Waals surface area contributed by atoms with Crippen LogP contribution < -0.4 is 15.0 Å². The fraction of sp³-hybridized carbons (Fsp3) is 0.552. The average molecular weight is 609 g/mol. The van der Waals surface area contributed by atoms with Crippen LogP contribution in [0.4, 0.5) is 18.9 Å². The van der Waals surface area contributed by atoms with Gasteiger partial charge >= 0.3 is 223 Å². The summed E-state index contributed by atoms with van der Waals surface area (Å²) >= 11 is 1.19.